The minimum Gasteiger partial charge on any atom is -0.384 e. The number of methoxy groups -OCH3 is 1. The van der Waals surface area contributed by atoms with Crippen molar-refractivity contribution in [3.05, 3.63) is 0 Å². The number of hydrogen-bond acceptors (Lipinski definition) is 3. The van der Waals surface area contributed by atoms with Crippen molar-refractivity contribution in [2.24, 2.45) is 5.41 Å². The molecule has 0 radical (unpaired) electrons. The first-order valence-electron chi connectivity index (χ1n) is 9.48. The number of amides is 2. The lowest BCUT2D eigenvalue weighted by Gasteiger charge is -2.41. The van der Waals surface area contributed by atoms with Crippen molar-refractivity contribution < 1.29 is 9.53 Å². The summed E-state index contributed by atoms with van der Waals surface area (Å²) in [5.74, 6) is 0. The lowest BCUT2D eigenvalue weighted by Crippen LogP contribution is -2.49. The Morgan fingerprint density at radius 1 is 1.09 bits per heavy atom. The van der Waals surface area contributed by atoms with Crippen LogP contribution >= 0.6 is 0 Å². The molecule has 1 saturated carbocycles. The second-order valence-corrected chi connectivity index (χ2v) is 7.76. The van der Waals surface area contributed by atoms with E-state index < -0.39 is 0 Å². The zero-order chi connectivity index (χ0) is 16.1. The molecule has 3 aliphatic rings. The zero-order valence-electron chi connectivity index (χ0n) is 14.7. The van der Waals surface area contributed by atoms with Crippen molar-refractivity contribution in [2.45, 2.75) is 57.4 Å². The molecular weight excluding hydrogens is 290 g/mol. The highest BCUT2D eigenvalue weighted by Gasteiger charge is 2.37. The second kappa shape index (κ2) is 7.84. The van der Waals surface area contributed by atoms with Crippen molar-refractivity contribution >= 4 is 6.03 Å². The lowest BCUT2D eigenvalue weighted by atomic mass is 9.69. The Labute approximate surface area is 140 Å². The van der Waals surface area contributed by atoms with Crippen LogP contribution in [0, 0.1) is 5.41 Å². The Kier molecular flexibility index (Phi) is 5.81. The molecule has 5 heteroatoms. The molecule has 1 atom stereocenters. The summed E-state index contributed by atoms with van der Waals surface area (Å²) in [4.78, 5) is 17.2. The van der Waals surface area contributed by atoms with Crippen molar-refractivity contribution in [3.63, 3.8) is 0 Å². The predicted octanol–water partition coefficient (Wildman–Crippen LogP) is 2.46. The average Bonchev–Trinajstić information content (AvgIpc) is 2.94. The van der Waals surface area contributed by atoms with Crippen LogP contribution in [0.3, 0.4) is 0 Å². The monoisotopic (exact) mass is 323 g/mol. The number of carbonyl (C=O) groups is 1. The normalized spacial score (nSPS) is 28.2. The van der Waals surface area contributed by atoms with Gasteiger partial charge in [0.15, 0.2) is 0 Å². The van der Waals surface area contributed by atoms with Gasteiger partial charge in [0.25, 0.3) is 0 Å². The lowest BCUT2D eigenvalue weighted by molar-refractivity contribution is 0.0191. The highest BCUT2D eigenvalue weighted by molar-refractivity contribution is 5.74. The number of likely N-dealkylation sites (tertiary alicyclic amines) is 2. The molecule has 0 bridgehead atoms. The van der Waals surface area contributed by atoms with E-state index >= 15 is 0 Å². The molecule has 23 heavy (non-hydrogen) atoms. The maximum Gasteiger partial charge on any atom is 0.317 e. The second-order valence-electron chi connectivity index (χ2n) is 7.76. The first kappa shape index (κ1) is 17.0. The van der Waals surface area contributed by atoms with Crippen LogP contribution < -0.4 is 5.32 Å². The summed E-state index contributed by atoms with van der Waals surface area (Å²) in [5.41, 5.74) is 0.203. The fraction of sp³-hybridized carbons (Fsp3) is 0.944. The third-order valence-electron chi connectivity index (χ3n) is 6.12. The first-order chi connectivity index (χ1) is 11.2. The van der Waals surface area contributed by atoms with E-state index in [1.54, 1.807) is 7.11 Å². The molecule has 2 amide bonds. The summed E-state index contributed by atoms with van der Waals surface area (Å²) in [7, 11) is 1.76. The molecule has 0 aromatic rings. The van der Waals surface area contributed by atoms with Gasteiger partial charge in [-0.2, -0.15) is 0 Å². The van der Waals surface area contributed by atoms with E-state index in [1.165, 1.54) is 51.6 Å². The number of rotatable bonds is 5. The van der Waals surface area contributed by atoms with Gasteiger partial charge in [0.05, 0.1) is 6.61 Å². The van der Waals surface area contributed by atoms with Gasteiger partial charge in [0.1, 0.15) is 0 Å². The van der Waals surface area contributed by atoms with E-state index in [2.05, 4.69) is 10.2 Å². The molecule has 2 heterocycles. The third-order valence-corrected chi connectivity index (χ3v) is 6.12. The molecule has 132 valence electrons. The quantitative estimate of drug-likeness (QED) is 0.845. The van der Waals surface area contributed by atoms with Crippen molar-refractivity contribution in [1.82, 2.24) is 15.1 Å². The van der Waals surface area contributed by atoms with Gasteiger partial charge in [0.2, 0.25) is 0 Å². The van der Waals surface area contributed by atoms with Crippen LogP contribution in [-0.4, -0.2) is 68.3 Å². The summed E-state index contributed by atoms with van der Waals surface area (Å²) >= 11 is 0. The maximum absolute atomic E-state index is 12.5. The summed E-state index contributed by atoms with van der Waals surface area (Å²) in [6.45, 7) is 5.88. The van der Waals surface area contributed by atoms with E-state index in [-0.39, 0.29) is 11.4 Å². The first-order valence-corrected chi connectivity index (χ1v) is 9.48. The Hall–Kier alpha value is -0.810. The van der Waals surface area contributed by atoms with Gasteiger partial charge < -0.3 is 19.9 Å². The van der Waals surface area contributed by atoms with Gasteiger partial charge in [-0.3, -0.25) is 0 Å². The van der Waals surface area contributed by atoms with Crippen LogP contribution in [0.25, 0.3) is 0 Å². The highest BCUT2D eigenvalue weighted by atomic mass is 16.5. The third kappa shape index (κ3) is 4.18. The maximum atomic E-state index is 12.5. The molecule has 3 rings (SSSR count). The molecule has 3 fully saturated rings. The number of hydrogen-bond donors (Lipinski definition) is 1. The molecule has 1 unspecified atom stereocenters. The van der Waals surface area contributed by atoms with E-state index in [0.29, 0.717) is 6.04 Å². The number of urea groups is 1. The number of ether oxygens (including phenoxy) is 1. The Bertz CT molecular complexity index is 392. The van der Waals surface area contributed by atoms with Crippen LogP contribution in [0.5, 0.6) is 0 Å². The van der Waals surface area contributed by atoms with E-state index in [9.17, 15) is 4.79 Å². The highest BCUT2D eigenvalue weighted by Crippen LogP contribution is 2.40. The van der Waals surface area contributed by atoms with E-state index in [4.69, 9.17) is 4.74 Å². The van der Waals surface area contributed by atoms with Gasteiger partial charge >= 0.3 is 6.03 Å². The molecular formula is C18H33N3O2. The van der Waals surface area contributed by atoms with Crippen molar-refractivity contribution in [1.29, 1.82) is 0 Å². The minimum absolute atomic E-state index is 0.134. The Balaban J connectivity index is 1.44. The molecule has 0 aromatic heterocycles. The molecule has 0 spiro atoms. The van der Waals surface area contributed by atoms with E-state index in [0.717, 1.165) is 39.1 Å². The van der Waals surface area contributed by atoms with Crippen LogP contribution in [0.4, 0.5) is 4.79 Å². The molecule has 1 N–H and O–H groups in total. The van der Waals surface area contributed by atoms with Crippen LogP contribution in [0.15, 0.2) is 0 Å². The van der Waals surface area contributed by atoms with E-state index in [1.807, 2.05) is 4.90 Å². The largest absolute Gasteiger partial charge is 0.384 e. The Morgan fingerprint density at radius 3 is 2.52 bits per heavy atom. The fourth-order valence-corrected chi connectivity index (χ4v) is 4.48. The van der Waals surface area contributed by atoms with Crippen molar-refractivity contribution in [3.8, 4) is 0 Å². The molecule has 0 aromatic carbocycles. The predicted molar refractivity (Wildman–Crippen MR) is 91.6 cm³/mol. The minimum atomic E-state index is 0.134. The van der Waals surface area contributed by atoms with Gasteiger partial charge in [-0.15, -0.1) is 0 Å². The Morgan fingerprint density at radius 2 is 1.87 bits per heavy atom. The SMILES string of the molecule is COCC1(CNC(=O)N2CCCC(N3CCCC3)CC2)CCC1. The van der Waals surface area contributed by atoms with Gasteiger partial charge in [0, 0.05) is 38.2 Å². The van der Waals surface area contributed by atoms with Gasteiger partial charge in [-0.05, 0) is 58.0 Å². The van der Waals surface area contributed by atoms with Gasteiger partial charge in [-0.1, -0.05) is 6.42 Å². The summed E-state index contributed by atoms with van der Waals surface area (Å²) in [6, 6.07) is 0.830. The average molecular weight is 323 g/mol. The molecule has 2 saturated heterocycles. The summed E-state index contributed by atoms with van der Waals surface area (Å²) in [6.07, 6.45) is 9.84. The number of carbonyl (C=O) groups excluding carboxylic acids is 1. The van der Waals surface area contributed by atoms with Gasteiger partial charge in [-0.25, -0.2) is 4.79 Å². The summed E-state index contributed by atoms with van der Waals surface area (Å²) < 4.78 is 5.35. The number of nitrogens with one attached hydrogen (secondary N) is 1. The van der Waals surface area contributed by atoms with Crippen LogP contribution in [0.1, 0.15) is 51.4 Å². The smallest absolute Gasteiger partial charge is 0.317 e. The zero-order valence-corrected chi connectivity index (χ0v) is 14.7. The molecule has 1 aliphatic carbocycles. The van der Waals surface area contributed by atoms with Crippen molar-refractivity contribution in [2.75, 3.05) is 46.4 Å². The number of nitrogens with zero attached hydrogens (tertiary/aromatic N) is 2. The molecule has 2 aliphatic heterocycles. The standard InChI is InChI=1S/C18H33N3O2/c1-23-15-18(8-5-9-18)14-19-17(22)21-12-4-6-16(7-13-21)20-10-2-3-11-20/h16H,2-15H2,1H3,(H,19,22). The van der Waals surface area contributed by atoms with Crippen LogP contribution in [-0.2, 0) is 4.74 Å². The summed E-state index contributed by atoms with van der Waals surface area (Å²) in [5, 5.41) is 3.19. The fourth-order valence-electron chi connectivity index (χ4n) is 4.48. The van der Waals surface area contributed by atoms with Crippen LogP contribution in [0.2, 0.25) is 0 Å². The molecule has 5 nitrogen and oxygen atoms in total. The topological polar surface area (TPSA) is 44.8 Å².